The molecular weight excluding hydrogens is 360 g/mol. The van der Waals surface area contributed by atoms with Crippen molar-refractivity contribution < 1.29 is 24.2 Å². The van der Waals surface area contributed by atoms with Crippen molar-refractivity contribution in [2.45, 2.75) is 44.6 Å². The molecule has 152 valence electrons. The number of carboxylic acid groups (broad SMARTS) is 1. The Hall–Kier alpha value is -2.57. The lowest BCUT2D eigenvalue weighted by molar-refractivity contribution is -0.143. The van der Waals surface area contributed by atoms with Gasteiger partial charge in [-0.1, -0.05) is 30.3 Å². The summed E-state index contributed by atoms with van der Waals surface area (Å²) in [7, 11) is 1.42. The first kappa shape index (κ1) is 20.2. The number of likely N-dealkylation sites (tertiary alicyclic amines) is 1. The van der Waals surface area contributed by atoms with Gasteiger partial charge < -0.3 is 20.1 Å². The van der Waals surface area contributed by atoms with Crippen LogP contribution in [0.1, 0.15) is 37.7 Å². The number of aliphatic carboxylic acids is 1. The Labute approximate surface area is 165 Å². The second-order valence-corrected chi connectivity index (χ2v) is 7.90. The van der Waals surface area contributed by atoms with Gasteiger partial charge in [-0.25, -0.2) is 4.79 Å². The molecule has 2 N–H and O–H groups in total. The van der Waals surface area contributed by atoms with Gasteiger partial charge in [0, 0.05) is 25.6 Å². The first-order valence-corrected chi connectivity index (χ1v) is 9.82. The minimum Gasteiger partial charge on any atom is -0.481 e. The molecule has 2 amide bonds. The van der Waals surface area contributed by atoms with Gasteiger partial charge in [0.15, 0.2) is 0 Å². The van der Waals surface area contributed by atoms with Crippen LogP contribution in [0.4, 0.5) is 4.79 Å². The molecule has 3 rings (SSSR count). The summed E-state index contributed by atoms with van der Waals surface area (Å²) in [5.74, 6) is -1.03. The number of amides is 2. The molecule has 28 heavy (non-hydrogen) atoms. The van der Waals surface area contributed by atoms with E-state index in [1.54, 1.807) is 4.90 Å². The van der Waals surface area contributed by atoms with Gasteiger partial charge >= 0.3 is 18.0 Å². The van der Waals surface area contributed by atoms with E-state index in [2.05, 4.69) is 5.32 Å². The molecule has 1 aliphatic carbocycles. The van der Waals surface area contributed by atoms with E-state index in [1.165, 1.54) is 7.11 Å². The van der Waals surface area contributed by atoms with Gasteiger partial charge in [-0.3, -0.25) is 9.59 Å². The summed E-state index contributed by atoms with van der Waals surface area (Å²) in [6.07, 6.45) is 3.46. The number of carbonyl (C=O) groups excluding carboxylic acids is 2. The van der Waals surface area contributed by atoms with E-state index < -0.39 is 5.97 Å². The maximum atomic E-state index is 12.7. The molecule has 1 aromatic carbocycles. The standard InChI is InChI=1S/C21H28N2O5/c1-28-19(26)17-14-21(17)9-11-23(12-10-21)20(27)22-16(7-8-18(24)25)13-15-5-3-2-4-6-15/h2-6,16-17H,7-14H2,1H3,(H,22,27)(H,24,25). The van der Waals surface area contributed by atoms with Crippen molar-refractivity contribution in [1.82, 2.24) is 10.2 Å². The highest BCUT2D eigenvalue weighted by atomic mass is 16.5. The highest BCUT2D eigenvalue weighted by molar-refractivity contribution is 5.77. The predicted octanol–water partition coefficient (Wildman–Crippen LogP) is 2.45. The number of benzene rings is 1. The number of hydrogen-bond donors (Lipinski definition) is 2. The van der Waals surface area contributed by atoms with E-state index in [-0.39, 0.29) is 35.8 Å². The third-order valence-electron chi connectivity index (χ3n) is 6.08. The molecule has 0 radical (unpaired) electrons. The van der Waals surface area contributed by atoms with Crippen LogP contribution in [0.5, 0.6) is 0 Å². The Balaban J connectivity index is 1.53. The van der Waals surface area contributed by atoms with Crippen LogP contribution in [0.2, 0.25) is 0 Å². The van der Waals surface area contributed by atoms with Crippen LogP contribution in [0.3, 0.4) is 0 Å². The van der Waals surface area contributed by atoms with E-state index in [4.69, 9.17) is 9.84 Å². The molecule has 0 aromatic heterocycles. The monoisotopic (exact) mass is 388 g/mol. The third-order valence-corrected chi connectivity index (χ3v) is 6.08. The molecule has 2 atom stereocenters. The number of piperidine rings is 1. The Bertz CT molecular complexity index is 713. The summed E-state index contributed by atoms with van der Waals surface area (Å²) in [6, 6.07) is 9.36. The average molecular weight is 388 g/mol. The molecular formula is C21H28N2O5. The van der Waals surface area contributed by atoms with Gasteiger partial charge in [-0.2, -0.15) is 0 Å². The Morgan fingerprint density at radius 2 is 1.93 bits per heavy atom. The Morgan fingerprint density at radius 1 is 1.25 bits per heavy atom. The second kappa shape index (κ2) is 8.63. The summed E-state index contributed by atoms with van der Waals surface area (Å²) >= 11 is 0. The van der Waals surface area contributed by atoms with Crippen molar-refractivity contribution >= 4 is 18.0 Å². The van der Waals surface area contributed by atoms with Crippen molar-refractivity contribution in [1.29, 1.82) is 0 Å². The van der Waals surface area contributed by atoms with Crippen molar-refractivity contribution in [2.24, 2.45) is 11.3 Å². The first-order valence-electron chi connectivity index (χ1n) is 9.82. The van der Waals surface area contributed by atoms with Gasteiger partial charge in [-0.05, 0) is 43.1 Å². The van der Waals surface area contributed by atoms with Gasteiger partial charge in [0.05, 0.1) is 13.0 Å². The maximum Gasteiger partial charge on any atom is 0.317 e. The van der Waals surface area contributed by atoms with Crippen LogP contribution in [0.15, 0.2) is 30.3 Å². The third kappa shape index (κ3) is 4.82. The van der Waals surface area contributed by atoms with E-state index in [0.29, 0.717) is 25.9 Å². The van der Waals surface area contributed by atoms with Crippen LogP contribution in [0, 0.1) is 11.3 Å². The Morgan fingerprint density at radius 3 is 2.54 bits per heavy atom. The molecule has 1 heterocycles. The number of ether oxygens (including phenoxy) is 1. The molecule has 7 nitrogen and oxygen atoms in total. The topological polar surface area (TPSA) is 95.9 Å². The number of nitrogens with one attached hydrogen (secondary N) is 1. The van der Waals surface area contributed by atoms with Gasteiger partial charge in [-0.15, -0.1) is 0 Å². The number of nitrogens with zero attached hydrogens (tertiary/aromatic N) is 1. The predicted molar refractivity (Wildman–Crippen MR) is 103 cm³/mol. The van der Waals surface area contributed by atoms with Gasteiger partial charge in [0.1, 0.15) is 0 Å². The molecule has 0 bridgehead atoms. The lowest BCUT2D eigenvalue weighted by atomic mass is 9.91. The Kier molecular flexibility index (Phi) is 6.21. The minimum atomic E-state index is -0.866. The van der Waals surface area contributed by atoms with Crippen LogP contribution in [0.25, 0.3) is 0 Å². The fraction of sp³-hybridized carbons (Fsp3) is 0.571. The number of carboxylic acids is 1. The molecule has 1 spiro atoms. The zero-order valence-electron chi connectivity index (χ0n) is 16.2. The fourth-order valence-electron chi connectivity index (χ4n) is 4.22. The smallest absolute Gasteiger partial charge is 0.317 e. The maximum absolute atomic E-state index is 12.7. The van der Waals surface area contributed by atoms with E-state index in [0.717, 1.165) is 24.8 Å². The summed E-state index contributed by atoms with van der Waals surface area (Å²) in [6.45, 7) is 1.21. The minimum absolute atomic E-state index is 0.0105. The van der Waals surface area contributed by atoms with Crippen molar-refractivity contribution in [2.75, 3.05) is 20.2 Å². The van der Waals surface area contributed by atoms with Crippen molar-refractivity contribution in [3.63, 3.8) is 0 Å². The number of hydrogen-bond acceptors (Lipinski definition) is 4. The molecule has 2 fully saturated rings. The number of urea groups is 1. The molecule has 2 unspecified atom stereocenters. The molecule has 2 aliphatic rings. The zero-order chi connectivity index (χ0) is 20.1. The fourth-order valence-corrected chi connectivity index (χ4v) is 4.22. The molecule has 1 saturated heterocycles. The van der Waals surface area contributed by atoms with E-state index in [9.17, 15) is 14.4 Å². The largest absolute Gasteiger partial charge is 0.481 e. The number of methoxy groups -OCH3 is 1. The normalized spacial score (nSPS) is 21.0. The van der Waals surface area contributed by atoms with Crippen LogP contribution in [-0.2, 0) is 20.7 Å². The summed E-state index contributed by atoms with van der Waals surface area (Å²) in [5.41, 5.74) is 1.08. The zero-order valence-corrected chi connectivity index (χ0v) is 16.2. The first-order chi connectivity index (χ1) is 13.4. The van der Waals surface area contributed by atoms with Crippen LogP contribution >= 0.6 is 0 Å². The quantitative estimate of drug-likeness (QED) is 0.700. The summed E-state index contributed by atoms with van der Waals surface area (Å²) < 4.78 is 4.85. The van der Waals surface area contributed by atoms with Crippen LogP contribution < -0.4 is 5.32 Å². The number of rotatable bonds is 7. The van der Waals surface area contributed by atoms with E-state index in [1.807, 2.05) is 30.3 Å². The highest BCUT2D eigenvalue weighted by Crippen LogP contribution is 2.59. The molecule has 1 aromatic rings. The van der Waals surface area contributed by atoms with Gasteiger partial charge in [0.2, 0.25) is 0 Å². The summed E-state index contributed by atoms with van der Waals surface area (Å²) in [5, 5.41) is 12.0. The lowest BCUT2D eigenvalue weighted by Crippen LogP contribution is -2.49. The van der Waals surface area contributed by atoms with Crippen LogP contribution in [-0.4, -0.2) is 54.2 Å². The average Bonchev–Trinajstić information content (AvgIpc) is 3.39. The summed E-state index contributed by atoms with van der Waals surface area (Å²) in [4.78, 5) is 37.2. The number of esters is 1. The lowest BCUT2D eigenvalue weighted by Gasteiger charge is -2.34. The molecule has 1 saturated carbocycles. The van der Waals surface area contributed by atoms with Crippen molar-refractivity contribution in [3.8, 4) is 0 Å². The second-order valence-electron chi connectivity index (χ2n) is 7.90. The molecule has 1 aliphatic heterocycles. The molecule has 7 heteroatoms. The van der Waals surface area contributed by atoms with E-state index >= 15 is 0 Å². The van der Waals surface area contributed by atoms with Gasteiger partial charge in [0.25, 0.3) is 0 Å². The van der Waals surface area contributed by atoms with Crippen molar-refractivity contribution in [3.05, 3.63) is 35.9 Å². The highest BCUT2D eigenvalue weighted by Gasteiger charge is 2.59. The SMILES string of the molecule is COC(=O)C1CC12CCN(C(=O)NC(CCC(=O)O)Cc1ccccc1)CC2. The number of carbonyl (C=O) groups is 3.